The molecule has 0 bridgehead atoms. The number of unbranched alkanes of at least 4 members (excludes halogenated alkanes) is 1. The highest BCUT2D eigenvalue weighted by Gasteiger charge is 2.00. The smallest absolute Gasteiger partial charge is 0.0458 e. The van der Waals surface area contributed by atoms with Gasteiger partial charge in [-0.2, -0.15) is 0 Å². The average molecular weight is 296 g/mol. The Labute approximate surface area is 126 Å². The number of benzene rings is 2. The Hall–Kier alpha value is -1.18. The fourth-order valence-electron chi connectivity index (χ4n) is 2.06. The third-order valence-corrected chi connectivity index (χ3v) is 3.43. The molecular weight excluding hydrogens is 277 g/mol. The first-order valence-electron chi connectivity index (χ1n) is 6.33. The molecule has 0 fully saturated rings. The van der Waals surface area contributed by atoms with E-state index in [1.807, 2.05) is 18.2 Å². The number of anilines is 1. The van der Waals surface area contributed by atoms with Crippen LogP contribution in [0.5, 0.6) is 0 Å². The third kappa shape index (κ3) is 5.14. The van der Waals surface area contributed by atoms with Gasteiger partial charge >= 0.3 is 0 Å². The van der Waals surface area contributed by atoms with E-state index in [1.54, 1.807) is 0 Å². The maximum absolute atomic E-state index is 6.15. The van der Waals surface area contributed by atoms with Crippen LogP contribution in [0.1, 0.15) is 24.0 Å². The summed E-state index contributed by atoms with van der Waals surface area (Å²) in [7, 11) is 0. The summed E-state index contributed by atoms with van der Waals surface area (Å²) < 4.78 is 0. The molecule has 3 heteroatoms. The van der Waals surface area contributed by atoms with Gasteiger partial charge in [-0.15, -0.1) is 12.4 Å². The Morgan fingerprint density at radius 2 is 1.58 bits per heavy atom. The summed E-state index contributed by atoms with van der Waals surface area (Å²) in [5, 5.41) is 0.787. The Balaban J connectivity index is 0.00000180. The minimum absolute atomic E-state index is 0. The van der Waals surface area contributed by atoms with E-state index < -0.39 is 0 Å². The molecule has 102 valence electrons. The van der Waals surface area contributed by atoms with Crippen molar-refractivity contribution in [3.05, 3.63) is 64.7 Å². The summed E-state index contributed by atoms with van der Waals surface area (Å²) in [6.07, 6.45) is 4.49. The highest BCUT2D eigenvalue weighted by Crippen LogP contribution is 2.21. The van der Waals surface area contributed by atoms with E-state index in [0.29, 0.717) is 0 Å². The first-order chi connectivity index (χ1) is 8.75. The molecule has 0 radical (unpaired) electrons. The van der Waals surface area contributed by atoms with Crippen LogP contribution >= 0.6 is 24.0 Å². The SMILES string of the molecule is Cl.Nc1ccc(CCCCc2ccccc2)c(Cl)c1. The Bertz CT molecular complexity index is 497. The van der Waals surface area contributed by atoms with Gasteiger partial charge in [0, 0.05) is 10.7 Å². The maximum atomic E-state index is 6.15. The second-order valence-corrected chi connectivity index (χ2v) is 4.95. The largest absolute Gasteiger partial charge is 0.399 e. The van der Waals surface area contributed by atoms with E-state index in [-0.39, 0.29) is 12.4 Å². The van der Waals surface area contributed by atoms with Crippen LogP contribution in [-0.2, 0) is 12.8 Å². The van der Waals surface area contributed by atoms with Crippen molar-refractivity contribution in [1.29, 1.82) is 0 Å². The minimum atomic E-state index is 0. The summed E-state index contributed by atoms with van der Waals surface area (Å²) in [4.78, 5) is 0. The van der Waals surface area contributed by atoms with Crippen LogP contribution < -0.4 is 5.73 Å². The summed E-state index contributed by atoms with van der Waals surface area (Å²) in [5.74, 6) is 0. The molecule has 1 nitrogen and oxygen atoms in total. The topological polar surface area (TPSA) is 26.0 Å². The van der Waals surface area contributed by atoms with Gasteiger partial charge in [0.2, 0.25) is 0 Å². The second-order valence-electron chi connectivity index (χ2n) is 4.54. The number of aryl methyl sites for hydroxylation is 2. The standard InChI is InChI=1S/C16H18ClN.ClH/c17-16-12-15(18)11-10-14(16)9-5-4-8-13-6-2-1-3-7-13;/h1-3,6-7,10-12H,4-5,8-9,18H2;1H. The minimum Gasteiger partial charge on any atom is -0.399 e. The average Bonchev–Trinajstić information content (AvgIpc) is 2.38. The molecule has 2 aromatic rings. The lowest BCUT2D eigenvalue weighted by molar-refractivity contribution is 0.734. The highest BCUT2D eigenvalue weighted by atomic mass is 35.5. The monoisotopic (exact) mass is 295 g/mol. The molecule has 0 aliphatic heterocycles. The van der Waals surface area contributed by atoms with Gasteiger partial charge in [0.1, 0.15) is 0 Å². The molecule has 0 aliphatic rings. The number of halogens is 2. The molecule has 0 heterocycles. The zero-order valence-corrected chi connectivity index (χ0v) is 12.4. The third-order valence-electron chi connectivity index (χ3n) is 3.08. The lowest BCUT2D eigenvalue weighted by Gasteiger charge is -2.05. The van der Waals surface area contributed by atoms with Crippen molar-refractivity contribution in [2.75, 3.05) is 5.73 Å². The molecule has 0 saturated carbocycles. The predicted octanol–water partition coefficient (Wildman–Crippen LogP) is 4.91. The summed E-state index contributed by atoms with van der Waals surface area (Å²) >= 11 is 6.15. The molecule has 2 N–H and O–H groups in total. The Morgan fingerprint density at radius 1 is 0.895 bits per heavy atom. The summed E-state index contributed by atoms with van der Waals surface area (Å²) in [6, 6.07) is 16.4. The lowest BCUT2D eigenvalue weighted by Crippen LogP contribution is -1.92. The van der Waals surface area contributed by atoms with Gasteiger partial charge in [0.15, 0.2) is 0 Å². The van der Waals surface area contributed by atoms with Crippen LogP contribution in [-0.4, -0.2) is 0 Å². The van der Waals surface area contributed by atoms with Crippen LogP contribution in [0.2, 0.25) is 5.02 Å². The van der Waals surface area contributed by atoms with Crippen LogP contribution in [0.3, 0.4) is 0 Å². The lowest BCUT2D eigenvalue weighted by atomic mass is 10.0. The van der Waals surface area contributed by atoms with E-state index in [4.69, 9.17) is 17.3 Å². The molecule has 19 heavy (non-hydrogen) atoms. The van der Waals surface area contributed by atoms with Crippen molar-refractivity contribution < 1.29 is 0 Å². The summed E-state index contributed by atoms with van der Waals surface area (Å²) in [5.41, 5.74) is 9.00. The Kier molecular flexibility index (Phi) is 6.75. The van der Waals surface area contributed by atoms with Crippen molar-refractivity contribution in [2.24, 2.45) is 0 Å². The number of nitrogens with two attached hydrogens (primary N) is 1. The van der Waals surface area contributed by atoms with Crippen LogP contribution in [0, 0.1) is 0 Å². The molecule has 0 unspecified atom stereocenters. The van der Waals surface area contributed by atoms with Gasteiger partial charge in [-0.3, -0.25) is 0 Å². The number of hydrogen-bond acceptors (Lipinski definition) is 1. The zero-order chi connectivity index (χ0) is 12.8. The fourth-order valence-corrected chi connectivity index (χ4v) is 2.34. The van der Waals surface area contributed by atoms with Gasteiger partial charge in [-0.25, -0.2) is 0 Å². The van der Waals surface area contributed by atoms with Crippen molar-refractivity contribution in [1.82, 2.24) is 0 Å². The zero-order valence-electron chi connectivity index (χ0n) is 10.8. The van der Waals surface area contributed by atoms with Gasteiger partial charge in [0.25, 0.3) is 0 Å². The summed E-state index contributed by atoms with van der Waals surface area (Å²) in [6.45, 7) is 0. The van der Waals surface area contributed by atoms with Crippen molar-refractivity contribution >= 4 is 29.7 Å². The molecule has 2 rings (SSSR count). The molecular formula is C16H19Cl2N. The first-order valence-corrected chi connectivity index (χ1v) is 6.71. The molecule has 2 aromatic carbocycles. The van der Waals surface area contributed by atoms with Gasteiger partial charge in [0.05, 0.1) is 0 Å². The molecule has 0 atom stereocenters. The van der Waals surface area contributed by atoms with Crippen LogP contribution in [0.15, 0.2) is 48.5 Å². The molecule has 0 spiro atoms. The van der Waals surface area contributed by atoms with E-state index in [0.717, 1.165) is 30.0 Å². The highest BCUT2D eigenvalue weighted by molar-refractivity contribution is 6.31. The van der Waals surface area contributed by atoms with Crippen molar-refractivity contribution in [2.45, 2.75) is 25.7 Å². The van der Waals surface area contributed by atoms with E-state index in [9.17, 15) is 0 Å². The molecule has 0 aromatic heterocycles. The van der Waals surface area contributed by atoms with Gasteiger partial charge in [-0.1, -0.05) is 48.0 Å². The first kappa shape index (κ1) is 15.9. The quantitative estimate of drug-likeness (QED) is 0.615. The predicted molar refractivity (Wildman–Crippen MR) is 86.2 cm³/mol. The molecule has 0 saturated heterocycles. The second kappa shape index (κ2) is 8.08. The molecule has 0 amide bonds. The van der Waals surface area contributed by atoms with Gasteiger partial charge < -0.3 is 5.73 Å². The fraction of sp³-hybridized carbons (Fsp3) is 0.250. The van der Waals surface area contributed by atoms with Gasteiger partial charge in [-0.05, 0) is 48.9 Å². The van der Waals surface area contributed by atoms with Crippen molar-refractivity contribution in [3.8, 4) is 0 Å². The van der Waals surface area contributed by atoms with E-state index in [2.05, 4.69) is 30.3 Å². The van der Waals surface area contributed by atoms with E-state index >= 15 is 0 Å². The van der Waals surface area contributed by atoms with Crippen molar-refractivity contribution in [3.63, 3.8) is 0 Å². The van der Waals surface area contributed by atoms with Crippen LogP contribution in [0.4, 0.5) is 5.69 Å². The molecule has 0 aliphatic carbocycles. The maximum Gasteiger partial charge on any atom is 0.0458 e. The van der Waals surface area contributed by atoms with E-state index in [1.165, 1.54) is 17.5 Å². The number of nitrogen functional groups attached to an aromatic ring is 1. The number of hydrogen-bond donors (Lipinski definition) is 1. The Morgan fingerprint density at radius 3 is 2.26 bits per heavy atom. The number of rotatable bonds is 5. The van der Waals surface area contributed by atoms with Crippen LogP contribution in [0.25, 0.3) is 0 Å². The normalized spacial score (nSPS) is 9.95.